The van der Waals surface area contributed by atoms with Crippen molar-refractivity contribution in [2.75, 3.05) is 29.6 Å². The number of nitro groups is 1. The molecular formula is C15H13ClN6O2S. The Morgan fingerprint density at radius 3 is 2.64 bits per heavy atom. The average molecular weight is 377 g/mol. The maximum absolute atomic E-state index is 11.6. The van der Waals surface area contributed by atoms with E-state index in [2.05, 4.69) is 21.4 Å². The molecule has 1 aromatic heterocycles. The highest BCUT2D eigenvalue weighted by Crippen LogP contribution is 2.38. The molecule has 1 aliphatic heterocycles. The summed E-state index contributed by atoms with van der Waals surface area (Å²) in [7, 11) is 0. The highest BCUT2D eigenvalue weighted by atomic mass is 35.5. The smallest absolute Gasteiger partial charge is 0.348 e. The first-order valence-electron chi connectivity index (χ1n) is 7.29. The van der Waals surface area contributed by atoms with Crippen molar-refractivity contribution in [2.45, 2.75) is 5.16 Å². The van der Waals surface area contributed by atoms with Crippen molar-refractivity contribution in [3.8, 4) is 6.07 Å². The second-order valence-corrected chi connectivity index (χ2v) is 6.56. The molecular weight excluding hydrogens is 364 g/mol. The molecule has 0 amide bonds. The molecule has 0 unspecified atom stereocenters. The molecule has 0 saturated carbocycles. The average Bonchev–Trinajstić information content (AvgIpc) is 2.55. The highest BCUT2D eigenvalue weighted by molar-refractivity contribution is 7.98. The molecule has 0 aliphatic carbocycles. The Bertz CT molecular complexity index is 848. The molecule has 1 saturated heterocycles. The van der Waals surface area contributed by atoms with Crippen molar-refractivity contribution in [2.24, 2.45) is 5.92 Å². The lowest BCUT2D eigenvalue weighted by Gasteiger charge is -2.35. The summed E-state index contributed by atoms with van der Waals surface area (Å²) < 4.78 is 0. The van der Waals surface area contributed by atoms with Crippen molar-refractivity contribution in [3.63, 3.8) is 0 Å². The Morgan fingerprint density at radius 2 is 2.08 bits per heavy atom. The minimum Gasteiger partial charge on any atom is -0.348 e. The molecule has 0 radical (unpaired) electrons. The fourth-order valence-corrected chi connectivity index (χ4v) is 2.88. The van der Waals surface area contributed by atoms with Crippen LogP contribution in [-0.2, 0) is 0 Å². The topological polar surface area (TPSA) is 108 Å². The summed E-state index contributed by atoms with van der Waals surface area (Å²) in [5.41, 5.74) is 0.423. The van der Waals surface area contributed by atoms with Gasteiger partial charge < -0.3 is 10.2 Å². The van der Waals surface area contributed by atoms with E-state index in [1.807, 2.05) is 0 Å². The molecule has 0 spiro atoms. The molecule has 128 valence electrons. The van der Waals surface area contributed by atoms with Crippen LogP contribution in [0.3, 0.4) is 0 Å². The van der Waals surface area contributed by atoms with Crippen LogP contribution < -0.4 is 10.2 Å². The molecule has 1 fully saturated rings. The fourth-order valence-electron chi connectivity index (χ4n) is 2.39. The Morgan fingerprint density at radius 1 is 1.40 bits per heavy atom. The predicted octanol–water partition coefficient (Wildman–Crippen LogP) is 3.46. The summed E-state index contributed by atoms with van der Waals surface area (Å²) in [6, 6.07) is 8.93. The van der Waals surface area contributed by atoms with E-state index in [1.54, 1.807) is 35.4 Å². The van der Waals surface area contributed by atoms with Crippen molar-refractivity contribution >= 4 is 46.4 Å². The minimum atomic E-state index is -0.503. The van der Waals surface area contributed by atoms with Crippen LogP contribution in [0.5, 0.6) is 0 Å². The summed E-state index contributed by atoms with van der Waals surface area (Å²) in [6.07, 6.45) is 1.80. The number of rotatable bonds is 5. The monoisotopic (exact) mass is 376 g/mol. The number of aromatic nitrogens is 2. The van der Waals surface area contributed by atoms with Crippen LogP contribution in [0.15, 0.2) is 29.4 Å². The van der Waals surface area contributed by atoms with Crippen LogP contribution in [0.4, 0.5) is 23.0 Å². The quantitative estimate of drug-likeness (QED) is 0.365. The number of hydrogen-bond donors (Lipinski definition) is 1. The van der Waals surface area contributed by atoms with Crippen molar-refractivity contribution < 1.29 is 4.92 Å². The summed E-state index contributed by atoms with van der Waals surface area (Å²) in [5.74, 6) is 0.203. The zero-order chi connectivity index (χ0) is 18.0. The number of hydrogen-bond acceptors (Lipinski definition) is 8. The number of nitriles is 1. The number of nitrogens with one attached hydrogen (secondary N) is 1. The molecule has 2 aromatic rings. The second-order valence-electron chi connectivity index (χ2n) is 5.35. The molecule has 25 heavy (non-hydrogen) atoms. The Balaban J connectivity index is 2.02. The lowest BCUT2D eigenvalue weighted by molar-refractivity contribution is -0.383. The molecule has 1 N–H and O–H groups in total. The van der Waals surface area contributed by atoms with E-state index in [9.17, 15) is 10.1 Å². The lowest BCUT2D eigenvalue weighted by atomic mass is 10.0. The van der Waals surface area contributed by atoms with Gasteiger partial charge in [0.1, 0.15) is 0 Å². The number of nitrogens with zero attached hydrogens (tertiary/aromatic N) is 5. The van der Waals surface area contributed by atoms with Crippen molar-refractivity contribution in [3.05, 3.63) is 39.4 Å². The van der Waals surface area contributed by atoms with E-state index in [1.165, 1.54) is 11.8 Å². The van der Waals surface area contributed by atoms with Gasteiger partial charge in [0.2, 0.25) is 11.6 Å². The van der Waals surface area contributed by atoms with E-state index >= 15 is 0 Å². The predicted molar refractivity (Wildman–Crippen MR) is 96.5 cm³/mol. The third kappa shape index (κ3) is 3.60. The van der Waals surface area contributed by atoms with E-state index in [0.29, 0.717) is 29.0 Å². The first-order chi connectivity index (χ1) is 12.0. The van der Waals surface area contributed by atoms with Crippen LogP contribution in [0.25, 0.3) is 0 Å². The fraction of sp³-hybridized carbons (Fsp3) is 0.267. The molecule has 10 heteroatoms. The van der Waals surface area contributed by atoms with E-state index < -0.39 is 4.92 Å². The van der Waals surface area contributed by atoms with Gasteiger partial charge in [-0.1, -0.05) is 23.4 Å². The van der Waals surface area contributed by atoms with Gasteiger partial charge in [0, 0.05) is 23.8 Å². The van der Waals surface area contributed by atoms with Gasteiger partial charge in [0.05, 0.1) is 16.9 Å². The van der Waals surface area contributed by atoms with E-state index in [0.717, 1.165) is 0 Å². The third-order valence-corrected chi connectivity index (χ3v) is 4.48. The van der Waals surface area contributed by atoms with Gasteiger partial charge in [-0.3, -0.25) is 10.1 Å². The number of halogens is 1. The summed E-state index contributed by atoms with van der Waals surface area (Å²) in [5, 5.41) is 24.5. The molecule has 3 rings (SSSR count). The standard InChI is InChI=1S/C15H13ClN6O2S/c1-25-15-19-13(18-11-4-2-10(16)3-5-11)12(22(23)24)14(20-15)21-7-9(6-17)8-21/h2-5,9H,7-8H2,1H3,(H,18,19,20). The number of benzene rings is 1. The first kappa shape index (κ1) is 17.3. The van der Waals surface area contributed by atoms with E-state index in [4.69, 9.17) is 16.9 Å². The summed E-state index contributed by atoms with van der Waals surface area (Å²) >= 11 is 7.16. The summed E-state index contributed by atoms with van der Waals surface area (Å²) in [6.45, 7) is 0.838. The van der Waals surface area contributed by atoms with Crippen LogP contribution in [0.1, 0.15) is 0 Å². The molecule has 8 nitrogen and oxygen atoms in total. The SMILES string of the molecule is CSc1nc(Nc2ccc(Cl)cc2)c([N+](=O)[O-])c(N2CC(C#N)C2)n1. The van der Waals surface area contributed by atoms with Gasteiger partial charge in [0.25, 0.3) is 0 Å². The van der Waals surface area contributed by atoms with Crippen LogP contribution in [0.2, 0.25) is 5.02 Å². The first-order valence-corrected chi connectivity index (χ1v) is 8.89. The Kier molecular flexibility index (Phi) is 4.92. The van der Waals surface area contributed by atoms with Gasteiger partial charge in [0.15, 0.2) is 5.16 Å². The number of thioether (sulfide) groups is 1. The molecule has 2 heterocycles. The largest absolute Gasteiger partial charge is 0.353 e. The zero-order valence-electron chi connectivity index (χ0n) is 13.1. The summed E-state index contributed by atoms with van der Waals surface area (Å²) in [4.78, 5) is 21.4. The normalized spacial score (nSPS) is 13.9. The van der Waals surface area contributed by atoms with Gasteiger partial charge in [-0.05, 0) is 30.5 Å². The minimum absolute atomic E-state index is 0.113. The lowest BCUT2D eigenvalue weighted by Crippen LogP contribution is -2.46. The maximum atomic E-state index is 11.6. The van der Waals surface area contributed by atoms with Gasteiger partial charge >= 0.3 is 5.69 Å². The van der Waals surface area contributed by atoms with Crippen molar-refractivity contribution in [1.82, 2.24) is 9.97 Å². The van der Waals surface area contributed by atoms with Gasteiger partial charge in [-0.25, -0.2) is 0 Å². The second kappa shape index (κ2) is 7.13. The van der Waals surface area contributed by atoms with E-state index in [-0.39, 0.29) is 23.2 Å². The van der Waals surface area contributed by atoms with Crippen molar-refractivity contribution in [1.29, 1.82) is 5.26 Å². The van der Waals surface area contributed by atoms with Crippen LogP contribution in [-0.4, -0.2) is 34.2 Å². The van der Waals surface area contributed by atoms with Gasteiger partial charge in [-0.15, -0.1) is 0 Å². The molecule has 0 atom stereocenters. The van der Waals surface area contributed by atoms with Crippen LogP contribution >= 0.6 is 23.4 Å². The molecule has 1 aromatic carbocycles. The number of anilines is 3. The maximum Gasteiger partial charge on any atom is 0.353 e. The highest BCUT2D eigenvalue weighted by Gasteiger charge is 2.35. The molecule has 0 bridgehead atoms. The molecule has 1 aliphatic rings. The Labute approximate surface area is 153 Å². The zero-order valence-corrected chi connectivity index (χ0v) is 14.7. The Hall–Kier alpha value is -2.57. The van der Waals surface area contributed by atoms with Crippen LogP contribution in [0, 0.1) is 27.4 Å². The van der Waals surface area contributed by atoms with Gasteiger partial charge in [-0.2, -0.15) is 15.2 Å². The third-order valence-electron chi connectivity index (χ3n) is 3.68.